The lowest BCUT2D eigenvalue weighted by Crippen LogP contribution is -2.54. The molecule has 3 heterocycles. The Morgan fingerprint density at radius 2 is 1.88 bits per heavy atom. The highest BCUT2D eigenvalue weighted by atomic mass is 32.2. The molecule has 0 amide bonds. The van der Waals surface area contributed by atoms with Crippen LogP contribution in [0.15, 0.2) is 12.1 Å². The molecule has 1 spiro atoms. The molecule has 0 atom stereocenters. The van der Waals surface area contributed by atoms with Crippen molar-refractivity contribution >= 4 is 9.84 Å². The first-order chi connectivity index (χ1) is 11.6. The zero-order chi connectivity index (χ0) is 18.3. The van der Waals surface area contributed by atoms with E-state index in [2.05, 4.69) is 9.88 Å². The fraction of sp³-hybridized carbons (Fsp3) is 0.688. The highest BCUT2D eigenvalue weighted by molar-refractivity contribution is 7.92. The number of alkyl halides is 3. The van der Waals surface area contributed by atoms with Gasteiger partial charge in [0.05, 0.1) is 17.2 Å². The molecular weight excluding hydrogens is 357 g/mol. The molecule has 0 bridgehead atoms. The molecule has 2 aliphatic heterocycles. The molecule has 1 aromatic rings. The third-order valence-electron chi connectivity index (χ3n) is 4.96. The van der Waals surface area contributed by atoms with Gasteiger partial charge in [-0.25, -0.2) is 13.4 Å². The van der Waals surface area contributed by atoms with Gasteiger partial charge < -0.3 is 4.74 Å². The number of rotatable bonds is 4. The molecule has 2 fully saturated rings. The van der Waals surface area contributed by atoms with Crippen LogP contribution in [0.25, 0.3) is 0 Å². The molecule has 0 radical (unpaired) electrons. The SMILES string of the molecule is Cc1nc(C(F)(F)F)ccc1OCCN1CCC2(CC1)CS(=O)(=O)C2. The molecule has 0 saturated carbocycles. The Morgan fingerprint density at radius 1 is 1.24 bits per heavy atom. The van der Waals surface area contributed by atoms with E-state index in [4.69, 9.17) is 4.74 Å². The van der Waals surface area contributed by atoms with Crippen molar-refractivity contribution < 1.29 is 26.3 Å². The fourth-order valence-electron chi connectivity index (χ4n) is 3.57. The first kappa shape index (κ1) is 18.4. The van der Waals surface area contributed by atoms with E-state index in [0.29, 0.717) is 30.4 Å². The summed E-state index contributed by atoms with van der Waals surface area (Å²) in [6.45, 7) is 4.15. The maximum absolute atomic E-state index is 12.6. The van der Waals surface area contributed by atoms with Crippen LogP contribution >= 0.6 is 0 Å². The van der Waals surface area contributed by atoms with E-state index >= 15 is 0 Å². The van der Waals surface area contributed by atoms with E-state index in [9.17, 15) is 21.6 Å². The van der Waals surface area contributed by atoms with Crippen LogP contribution in [0.1, 0.15) is 24.2 Å². The number of halogens is 3. The molecule has 0 unspecified atom stereocenters. The summed E-state index contributed by atoms with van der Waals surface area (Å²) in [6, 6.07) is 2.22. The normalized spacial score (nSPS) is 22.6. The number of hydrogen-bond donors (Lipinski definition) is 0. The summed E-state index contributed by atoms with van der Waals surface area (Å²) >= 11 is 0. The van der Waals surface area contributed by atoms with Gasteiger partial charge in [-0.2, -0.15) is 13.2 Å². The Bertz CT molecular complexity index is 727. The van der Waals surface area contributed by atoms with E-state index in [1.165, 1.54) is 13.0 Å². The first-order valence-electron chi connectivity index (χ1n) is 8.19. The van der Waals surface area contributed by atoms with Crippen molar-refractivity contribution in [1.82, 2.24) is 9.88 Å². The predicted octanol–water partition coefficient (Wildman–Crippen LogP) is 2.30. The molecule has 9 heteroatoms. The smallest absolute Gasteiger partial charge is 0.433 e. The van der Waals surface area contributed by atoms with Gasteiger partial charge in [0.25, 0.3) is 0 Å². The predicted molar refractivity (Wildman–Crippen MR) is 86.2 cm³/mol. The lowest BCUT2D eigenvalue weighted by Gasteiger charge is -2.47. The van der Waals surface area contributed by atoms with Gasteiger partial charge in [-0.3, -0.25) is 4.90 Å². The summed E-state index contributed by atoms with van der Waals surface area (Å²) in [6.07, 6.45) is -2.72. The average Bonchev–Trinajstić information content (AvgIpc) is 2.48. The largest absolute Gasteiger partial charge is 0.490 e. The standard InChI is InChI=1S/C16H21F3N2O3S/c1-12-13(2-3-14(20-12)16(17,18)19)24-9-8-21-6-4-15(5-7-21)10-25(22,23)11-15/h2-3H,4-11H2,1H3. The number of likely N-dealkylation sites (tertiary alicyclic amines) is 1. The molecule has 140 valence electrons. The van der Waals surface area contributed by atoms with Gasteiger partial charge in [0.2, 0.25) is 0 Å². The number of sulfone groups is 1. The molecule has 0 aromatic carbocycles. The van der Waals surface area contributed by atoms with Crippen molar-refractivity contribution in [3.63, 3.8) is 0 Å². The molecule has 1 aromatic heterocycles. The topological polar surface area (TPSA) is 59.5 Å². The highest BCUT2D eigenvalue weighted by Crippen LogP contribution is 2.42. The summed E-state index contributed by atoms with van der Waals surface area (Å²) < 4.78 is 66.1. The average molecular weight is 378 g/mol. The molecule has 2 aliphatic rings. The van der Waals surface area contributed by atoms with Crippen LogP contribution < -0.4 is 4.74 Å². The Labute approximate surface area is 145 Å². The highest BCUT2D eigenvalue weighted by Gasteiger charge is 2.49. The minimum Gasteiger partial charge on any atom is -0.490 e. The van der Waals surface area contributed by atoms with E-state index in [1.807, 2.05) is 0 Å². The van der Waals surface area contributed by atoms with E-state index < -0.39 is 21.7 Å². The van der Waals surface area contributed by atoms with Gasteiger partial charge in [0, 0.05) is 12.0 Å². The molecule has 25 heavy (non-hydrogen) atoms. The zero-order valence-corrected chi connectivity index (χ0v) is 14.8. The molecule has 5 nitrogen and oxygen atoms in total. The molecule has 2 saturated heterocycles. The number of nitrogens with zero attached hydrogens (tertiary/aromatic N) is 2. The van der Waals surface area contributed by atoms with Crippen LogP contribution in [-0.2, 0) is 16.0 Å². The van der Waals surface area contributed by atoms with Crippen molar-refractivity contribution in [2.24, 2.45) is 5.41 Å². The van der Waals surface area contributed by atoms with Crippen LogP contribution in [0.2, 0.25) is 0 Å². The first-order valence-corrected chi connectivity index (χ1v) is 10.0. The third kappa shape index (κ3) is 4.25. The van der Waals surface area contributed by atoms with E-state index in [1.54, 1.807) is 0 Å². The van der Waals surface area contributed by atoms with Gasteiger partial charge in [-0.15, -0.1) is 0 Å². The second kappa shape index (κ2) is 6.42. The van der Waals surface area contributed by atoms with Crippen molar-refractivity contribution in [1.29, 1.82) is 0 Å². The monoisotopic (exact) mass is 378 g/mol. The van der Waals surface area contributed by atoms with Crippen LogP contribution in [0.5, 0.6) is 5.75 Å². The lowest BCUT2D eigenvalue weighted by atomic mass is 9.81. The Hall–Kier alpha value is -1.35. The van der Waals surface area contributed by atoms with Crippen LogP contribution in [0.4, 0.5) is 13.2 Å². The third-order valence-corrected chi connectivity index (χ3v) is 7.07. The molecule has 0 aliphatic carbocycles. The Balaban J connectivity index is 1.45. The van der Waals surface area contributed by atoms with Crippen LogP contribution in [-0.4, -0.2) is 56.0 Å². The summed E-state index contributed by atoms with van der Waals surface area (Å²) in [4.78, 5) is 5.74. The summed E-state index contributed by atoms with van der Waals surface area (Å²) in [5.74, 6) is 0.966. The maximum atomic E-state index is 12.6. The number of pyridine rings is 1. The number of aromatic nitrogens is 1. The van der Waals surface area contributed by atoms with Gasteiger partial charge >= 0.3 is 6.18 Å². The second-order valence-corrected chi connectivity index (χ2v) is 9.06. The van der Waals surface area contributed by atoms with Crippen LogP contribution in [0.3, 0.4) is 0 Å². The summed E-state index contributed by atoms with van der Waals surface area (Å²) in [7, 11) is -2.81. The van der Waals surface area contributed by atoms with Crippen molar-refractivity contribution in [2.75, 3.05) is 37.7 Å². The molecule has 3 rings (SSSR count). The zero-order valence-electron chi connectivity index (χ0n) is 14.0. The van der Waals surface area contributed by atoms with E-state index in [-0.39, 0.29) is 11.1 Å². The van der Waals surface area contributed by atoms with Crippen molar-refractivity contribution in [3.05, 3.63) is 23.5 Å². The quantitative estimate of drug-likeness (QED) is 0.805. The minimum absolute atomic E-state index is 0.0237. The van der Waals surface area contributed by atoms with Crippen molar-refractivity contribution in [3.8, 4) is 5.75 Å². The summed E-state index contributed by atoms with van der Waals surface area (Å²) in [5, 5.41) is 0. The number of hydrogen-bond acceptors (Lipinski definition) is 5. The van der Waals surface area contributed by atoms with Gasteiger partial charge in [0.15, 0.2) is 9.84 Å². The Kier molecular flexibility index (Phi) is 4.74. The summed E-state index contributed by atoms with van der Waals surface area (Å²) in [5.41, 5.74) is -0.731. The number of piperidine rings is 1. The van der Waals surface area contributed by atoms with Gasteiger partial charge in [-0.05, 0) is 45.0 Å². The molecular formula is C16H21F3N2O3S. The maximum Gasteiger partial charge on any atom is 0.433 e. The minimum atomic E-state index is -4.46. The van der Waals surface area contributed by atoms with Crippen molar-refractivity contribution in [2.45, 2.75) is 25.9 Å². The Morgan fingerprint density at radius 3 is 2.40 bits per heavy atom. The lowest BCUT2D eigenvalue weighted by molar-refractivity contribution is -0.141. The fourth-order valence-corrected chi connectivity index (χ4v) is 5.93. The van der Waals surface area contributed by atoms with Gasteiger partial charge in [0.1, 0.15) is 18.1 Å². The van der Waals surface area contributed by atoms with Gasteiger partial charge in [-0.1, -0.05) is 0 Å². The molecule has 0 N–H and O–H groups in total. The number of ether oxygens (including phenoxy) is 1. The second-order valence-electron chi connectivity index (χ2n) is 7.00. The number of aryl methyl sites for hydroxylation is 1. The van der Waals surface area contributed by atoms with E-state index in [0.717, 1.165) is 32.0 Å². The van der Waals surface area contributed by atoms with Crippen LogP contribution in [0, 0.1) is 12.3 Å².